The summed E-state index contributed by atoms with van der Waals surface area (Å²) >= 11 is 6.03. The van der Waals surface area contributed by atoms with Crippen LogP contribution in [0.3, 0.4) is 0 Å². The maximum atomic E-state index is 6.03. The van der Waals surface area contributed by atoms with Gasteiger partial charge in [0.2, 0.25) is 0 Å². The van der Waals surface area contributed by atoms with Crippen LogP contribution >= 0.6 is 11.6 Å². The van der Waals surface area contributed by atoms with Crippen LogP contribution in [0.25, 0.3) is 0 Å². The predicted molar refractivity (Wildman–Crippen MR) is 61.6 cm³/mol. The number of alkyl halides is 1. The van der Waals surface area contributed by atoms with E-state index in [0.717, 1.165) is 36.7 Å². The van der Waals surface area contributed by atoms with Gasteiger partial charge in [-0.1, -0.05) is 11.6 Å². The number of quaternary nitrogens is 1. The molecule has 0 unspecified atom stereocenters. The fourth-order valence-corrected chi connectivity index (χ4v) is 1.86. The molecule has 0 aromatic rings. The Morgan fingerprint density at radius 3 is 1.79 bits per heavy atom. The molecule has 0 aromatic carbocycles. The van der Waals surface area contributed by atoms with E-state index in [2.05, 4.69) is 30.9 Å². The van der Waals surface area contributed by atoms with Gasteiger partial charge in [-0.05, 0) is 14.1 Å². The SMILES string of the molecule is CN1CCN(C)CC[N+](C)(CCl)CC1. The van der Waals surface area contributed by atoms with Gasteiger partial charge in [0.15, 0.2) is 6.00 Å². The number of rotatable bonds is 1. The molecule has 3 nitrogen and oxygen atoms in total. The summed E-state index contributed by atoms with van der Waals surface area (Å²) in [6.45, 7) is 6.95. The lowest BCUT2D eigenvalue weighted by Crippen LogP contribution is -2.49. The van der Waals surface area contributed by atoms with E-state index in [0.29, 0.717) is 0 Å². The molecule has 0 N–H and O–H groups in total. The van der Waals surface area contributed by atoms with Crippen LogP contribution in [0.2, 0.25) is 0 Å². The normalized spacial score (nSPS) is 26.6. The molecule has 0 aliphatic carbocycles. The van der Waals surface area contributed by atoms with Crippen molar-refractivity contribution in [3.8, 4) is 0 Å². The lowest BCUT2D eigenvalue weighted by atomic mass is 10.4. The second-order valence-electron chi connectivity index (χ2n) is 4.79. The van der Waals surface area contributed by atoms with Crippen LogP contribution in [0.4, 0.5) is 0 Å². The van der Waals surface area contributed by atoms with Crippen LogP contribution in [0, 0.1) is 0 Å². The Balaban J connectivity index is 2.55. The van der Waals surface area contributed by atoms with Gasteiger partial charge in [-0.2, -0.15) is 0 Å². The van der Waals surface area contributed by atoms with Crippen LogP contribution in [0.1, 0.15) is 0 Å². The molecule has 0 aromatic heterocycles. The molecule has 4 heteroatoms. The van der Waals surface area contributed by atoms with Crippen LogP contribution in [-0.4, -0.2) is 80.7 Å². The molecule has 1 aliphatic rings. The minimum Gasteiger partial charge on any atom is -0.311 e. The van der Waals surface area contributed by atoms with Crippen LogP contribution in [0.15, 0.2) is 0 Å². The van der Waals surface area contributed by atoms with Crippen molar-refractivity contribution in [3.05, 3.63) is 0 Å². The van der Waals surface area contributed by atoms with Gasteiger partial charge in [0, 0.05) is 26.2 Å². The molecule has 84 valence electrons. The molecule has 0 atom stereocenters. The van der Waals surface area contributed by atoms with Crippen molar-refractivity contribution >= 4 is 11.6 Å². The maximum Gasteiger partial charge on any atom is 0.154 e. The molecule has 0 radical (unpaired) electrons. The predicted octanol–water partition coefficient (Wildman–Crippen LogP) is 0.507. The van der Waals surface area contributed by atoms with Crippen molar-refractivity contribution in [1.82, 2.24) is 9.80 Å². The second kappa shape index (κ2) is 5.31. The number of hydrogen-bond donors (Lipinski definition) is 0. The van der Waals surface area contributed by atoms with Gasteiger partial charge < -0.3 is 4.48 Å². The zero-order valence-corrected chi connectivity index (χ0v) is 10.4. The van der Waals surface area contributed by atoms with E-state index in [4.69, 9.17) is 11.6 Å². The van der Waals surface area contributed by atoms with Crippen molar-refractivity contribution in [1.29, 1.82) is 0 Å². The first-order valence-corrected chi connectivity index (χ1v) is 5.86. The molecule has 0 amide bonds. The van der Waals surface area contributed by atoms with Crippen molar-refractivity contribution < 1.29 is 4.48 Å². The summed E-state index contributed by atoms with van der Waals surface area (Å²) in [6.07, 6.45) is 0. The first-order valence-electron chi connectivity index (χ1n) is 5.32. The zero-order chi connectivity index (χ0) is 10.6. The van der Waals surface area contributed by atoms with Gasteiger partial charge >= 0.3 is 0 Å². The molecule has 1 saturated heterocycles. The second-order valence-corrected chi connectivity index (χ2v) is 5.03. The zero-order valence-electron chi connectivity index (χ0n) is 9.67. The average Bonchev–Trinajstić information content (AvgIpc) is 2.25. The summed E-state index contributed by atoms with van der Waals surface area (Å²) in [7, 11) is 6.63. The van der Waals surface area contributed by atoms with Crippen LogP contribution < -0.4 is 0 Å². The van der Waals surface area contributed by atoms with Crippen molar-refractivity contribution in [2.24, 2.45) is 0 Å². The third kappa shape index (κ3) is 3.73. The summed E-state index contributed by atoms with van der Waals surface area (Å²) in [4.78, 5) is 4.79. The van der Waals surface area contributed by atoms with Crippen LogP contribution in [-0.2, 0) is 0 Å². The van der Waals surface area contributed by atoms with Crippen molar-refractivity contribution in [2.75, 3.05) is 66.4 Å². The molecule has 1 heterocycles. The molecule has 1 rings (SSSR count). The Bertz CT molecular complexity index is 161. The Morgan fingerprint density at radius 2 is 1.43 bits per heavy atom. The van der Waals surface area contributed by atoms with Crippen molar-refractivity contribution in [3.63, 3.8) is 0 Å². The third-order valence-corrected chi connectivity index (χ3v) is 3.77. The quantitative estimate of drug-likeness (QED) is 0.361. The number of halogens is 1. The van der Waals surface area contributed by atoms with Gasteiger partial charge in [0.05, 0.1) is 20.1 Å². The van der Waals surface area contributed by atoms with Gasteiger partial charge in [0.25, 0.3) is 0 Å². The maximum absolute atomic E-state index is 6.03. The van der Waals surface area contributed by atoms with E-state index in [1.54, 1.807) is 0 Å². The molecule has 0 bridgehead atoms. The summed E-state index contributed by atoms with van der Waals surface area (Å²) in [6, 6.07) is 0.724. The number of hydrogen-bond acceptors (Lipinski definition) is 2. The summed E-state index contributed by atoms with van der Waals surface area (Å²) in [5.41, 5.74) is 0. The highest BCUT2D eigenvalue weighted by Gasteiger charge is 2.22. The van der Waals surface area contributed by atoms with E-state index in [1.807, 2.05) is 0 Å². The highest BCUT2D eigenvalue weighted by atomic mass is 35.5. The summed E-state index contributed by atoms with van der Waals surface area (Å²) < 4.78 is 0.982. The molecule has 0 spiro atoms. The lowest BCUT2D eigenvalue weighted by Gasteiger charge is -2.33. The number of likely N-dealkylation sites (N-methyl/N-ethyl adjacent to an activating group) is 3. The Labute approximate surface area is 92.8 Å². The lowest BCUT2D eigenvalue weighted by molar-refractivity contribution is -0.897. The third-order valence-electron chi connectivity index (χ3n) is 3.20. The molecular weight excluding hydrogens is 198 g/mol. The Kier molecular flexibility index (Phi) is 4.64. The Hall–Kier alpha value is 0.170. The topological polar surface area (TPSA) is 6.48 Å². The molecule has 14 heavy (non-hydrogen) atoms. The smallest absolute Gasteiger partial charge is 0.154 e. The number of nitrogens with zero attached hydrogens (tertiary/aromatic N) is 3. The molecule has 1 aliphatic heterocycles. The van der Waals surface area contributed by atoms with Gasteiger partial charge in [0.1, 0.15) is 0 Å². The van der Waals surface area contributed by atoms with E-state index >= 15 is 0 Å². The van der Waals surface area contributed by atoms with Crippen LogP contribution in [0.5, 0.6) is 0 Å². The molecule has 1 fully saturated rings. The molecule has 0 saturated carbocycles. The van der Waals surface area contributed by atoms with E-state index in [-0.39, 0.29) is 0 Å². The van der Waals surface area contributed by atoms with E-state index < -0.39 is 0 Å². The average molecular weight is 221 g/mol. The minimum absolute atomic E-state index is 0.724. The summed E-state index contributed by atoms with van der Waals surface area (Å²) in [5.74, 6) is 0. The molecular formula is C10H23ClN3+. The minimum atomic E-state index is 0.724. The van der Waals surface area contributed by atoms with Gasteiger partial charge in [-0.15, -0.1) is 0 Å². The fraction of sp³-hybridized carbons (Fsp3) is 1.00. The van der Waals surface area contributed by atoms with Gasteiger partial charge in [-0.25, -0.2) is 0 Å². The highest BCUT2D eigenvalue weighted by Crippen LogP contribution is 2.07. The first kappa shape index (κ1) is 12.2. The standard InChI is InChI=1S/C10H23ClN3/c1-12-4-5-13(2)7-9-14(3,10-11)8-6-12/h4-10H2,1-3H3/q+1. The largest absolute Gasteiger partial charge is 0.311 e. The first-order chi connectivity index (χ1) is 6.56. The van der Waals surface area contributed by atoms with Crippen molar-refractivity contribution in [2.45, 2.75) is 0 Å². The monoisotopic (exact) mass is 220 g/mol. The fourth-order valence-electron chi connectivity index (χ4n) is 1.62. The van der Waals surface area contributed by atoms with E-state index in [1.165, 1.54) is 13.1 Å². The summed E-state index contributed by atoms with van der Waals surface area (Å²) in [5, 5.41) is 0. The van der Waals surface area contributed by atoms with Gasteiger partial charge in [-0.3, -0.25) is 9.80 Å². The highest BCUT2D eigenvalue weighted by molar-refractivity contribution is 6.16. The Morgan fingerprint density at radius 1 is 1.00 bits per heavy atom. The van der Waals surface area contributed by atoms with E-state index in [9.17, 15) is 0 Å².